The molecular weight excluding hydrogens is 482 g/mol. The number of methoxy groups -OCH3 is 1. The van der Waals surface area contributed by atoms with Crippen LogP contribution in [0.3, 0.4) is 0 Å². The second kappa shape index (κ2) is 11.2. The predicted octanol–water partition coefficient (Wildman–Crippen LogP) is 5.40. The highest BCUT2D eigenvalue weighted by molar-refractivity contribution is 5.93. The smallest absolute Gasteiger partial charge is 0.318 e. The molecule has 2 aromatic carbocycles. The topological polar surface area (TPSA) is 102 Å². The van der Waals surface area contributed by atoms with Crippen LogP contribution in [-0.2, 0) is 11.3 Å². The van der Waals surface area contributed by atoms with Gasteiger partial charge in [-0.3, -0.25) is 14.7 Å². The first-order valence-electron chi connectivity index (χ1n) is 12.3. The summed E-state index contributed by atoms with van der Waals surface area (Å²) < 4.78 is 12.5. The van der Waals surface area contributed by atoms with Crippen LogP contribution < -0.4 is 15.4 Å². The third kappa shape index (κ3) is 6.82. The largest absolute Gasteiger partial charge is 0.497 e. The van der Waals surface area contributed by atoms with Crippen molar-refractivity contribution >= 4 is 17.9 Å². The molecule has 0 saturated carbocycles. The number of imidazole rings is 1. The summed E-state index contributed by atoms with van der Waals surface area (Å²) in [5.41, 5.74) is 3.05. The Kier molecular flexibility index (Phi) is 7.85. The maximum absolute atomic E-state index is 13.3. The van der Waals surface area contributed by atoms with Gasteiger partial charge in [0.25, 0.3) is 0 Å². The summed E-state index contributed by atoms with van der Waals surface area (Å²) in [5.74, 6) is 1.27. The number of urea groups is 1. The summed E-state index contributed by atoms with van der Waals surface area (Å²) in [7, 11) is 1.62. The molecule has 0 saturated heterocycles. The Morgan fingerprint density at radius 3 is 2.37 bits per heavy atom. The van der Waals surface area contributed by atoms with Crippen molar-refractivity contribution < 1.29 is 18.7 Å². The maximum atomic E-state index is 13.3. The summed E-state index contributed by atoms with van der Waals surface area (Å²) in [4.78, 5) is 32.4. The molecule has 4 aromatic rings. The van der Waals surface area contributed by atoms with E-state index in [0.717, 1.165) is 22.6 Å². The minimum absolute atomic E-state index is 0.145. The number of ether oxygens (including phenoxy) is 1. The molecular formula is C29H33N5O4. The van der Waals surface area contributed by atoms with Gasteiger partial charge in [-0.2, -0.15) is 0 Å². The molecule has 3 amide bonds. The molecule has 0 aliphatic carbocycles. The van der Waals surface area contributed by atoms with Gasteiger partial charge < -0.3 is 19.4 Å². The van der Waals surface area contributed by atoms with Gasteiger partial charge in [0.1, 0.15) is 18.1 Å². The van der Waals surface area contributed by atoms with E-state index < -0.39 is 5.54 Å². The molecule has 0 unspecified atom stereocenters. The second-order valence-corrected chi connectivity index (χ2v) is 10.0. The minimum atomic E-state index is -0.468. The molecule has 0 atom stereocenters. The van der Waals surface area contributed by atoms with Crippen LogP contribution >= 0.6 is 0 Å². The third-order valence-corrected chi connectivity index (χ3v) is 5.69. The normalized spacial score (nSPS) is 11.2. The lowest BCUT2D eigenvalue weighted by atomic mass is 10.1. The Morgan fingerprint density at radius 1 is 1.05 bits per heavy atom. The Morgan fingerprint density at radius 2 is 1.76 bits per heavy atom. The Bertz CT molecular complexity index is 1370. The van der Waals surface area contributed by atoms with E-state index in [2.05, 4.69) is 10.6 Å². The van der Waals surface area contributed by atoms with Gasteiger partial charge in [-0.1, -0.05) is 17.7 Å². The number of benzene rings is 2. The van der Waals surface area contributed by atoms with Crippen LogP contribution in [-0.4, -0.2) is 45.6 Å². The molecule has 9 nitrogen and oxygen atoms in total. The highest BCUT2D eigenvalue weighted by atomic mass is 16.5. The van der Waals surface area contributed by atoms with Crippen LogP contribution in [0.2, 0.25) is 0 Å². The molecule has 0 aliphatic heterocycles. The van der Waals surface area contributed by atoms with Crippen molar-refractivity contribution in [2.24, 2.45) is 0 Å². The van der Waals surface area contributed by atoms with Crippen molar-refractivity contribution in [3.05, 3.63) is 84.4 Å². The van der Waals surface area contributed by atoms with Crippen molar-refractivity contribution in [2.75, 3.05) is 19.0 Å². The van der Waals surface area contributed by atoms with E-state index in [1.165, 1.54) is 11.2 Å². The van der Waals surface area contributed by atoms with Gasteiger partial charge in [0, 0.05) is 23.0 Å². The molecule has 0 radical (unpaired) electrons. The number of nitrogens with zero attached hydrogens (tertiary/aromatic N) is 3. The number of carbonyl (C=O) groups excluding carboxylic acids is 2. The first-order chi connectivity index (χ1) is 18.1. The van der Waals surface area contributed by atoms with Crippen LogP contribution in [0, 0.1) is 6.92 Å². The molecule has 0 spiro atoms. The van der Waals surface area contributed by atoms with Gasteiger partial charge in [0.15, 0.2) is 0 Å². The van der Waals surface area contributed by atoms with Crippen molar-refractivity contribution in [3.8, 4) is 22.7 Å². The molecule has 38 heavy (non-hydrogen) atoms. The van der Waals surface area contributed by atoms with Gasteiger partial charge in [0.05, 0.1) is 25.6 Å². The Balaban J connectivity index is 1.61. The van der Waals surface area contributed by atoms with Crippen molar-refractivity contribution in [1.29, 1.82) is 0 Å². The molecule has 9 heteroatoms. The van der Waals surface area contributed by atoms with Crippen LogP contribution in [0.1, 0.15) is 32.1 Å². The SMILES string of the molecule is COc1ccc(-c2cn(-c3ccc(C)cc3)c(NC(=O)CN(Cc3ccco3)C(=O)NC(C)(C)C)n2)cc1. The van der Waals surface area contributed by atoms with Gasteiger partial charge in [-0.05, 0) is 76.2 Å². The molecule has 0 bridgehead atoms. The number of hydrogen-bond donors (Lipinski definition) is 2. The third-order valence-electron chi connectivity index (χ3n) is 5.69. The Hall–Kier alpha value is -4.53. The number of aromatic nitrogens is 2. The first-order valence-corrected chi connectivity index (χ1v) is 12.3. The summed E-state index contributed by atoms with van der Waals surface area (Å²) in [6, 6.07) is 18.6. The highest BCUT2D eigenvalue weighted by Gasteiger charge is 2.24. The number of carbonyl (C=O) groups is 2. The number of hydrogen-bond acceptors (Lipinski definition) is 5. The van der Waals surface area contributed by atoms with Crippen LogP contribution in [0.15, 0.2) is 77.5 Å². The lowest BCUT2D eigenvalue weighted by molar-refractivity contribution is -0.117. The number of furan rings is 1. The van der Waals surface area contributed by atoms with E-state index in [0.29, 0.717) is 17.4 Å². The maximum Gasteiger partial charge on any atom is 0.318 e. The molecule has 2 N–H and O–H groups in total. The van der Waals surface area contributed by atoms with Gasteiger partial charge >= 0.3 is 6.03 Å². The average molecular weight is 516 g/mol. The molecule has 0 aliphatic rings. The van der Waals surface area contributed by atoms with E-state index in [1.807, 2.05) is 87.0 Å². The van der Waals surface area contributed by atoms with Gasteiger partial charge in [-0.15, -0.1) is 0 Å². The number of nitrogens with one attached hydrogen (secondary N) is 2. The van der Waals surface area contributed by atoms with Crippen molar-refractivity contribution in [1.82, 2.24) is 19.8 Å². The molecule has 2 heterocycles. The number of amides is 3. The number of anilines is 1. The van der Waals surface area contributed by atoms with Crippen LogP contribution in [0.4, 0.5) is 10.7 Å². The first kappa shape index (κ1) is 26.5. The second-order valence-electron chi connectivity index (χ2n) is 10.0. The van der Waals surface area contributed by atoms with E-state index in [4.69, 9.17) is 14.1 Å². The van der Waals surface area contributed by atoms with E-state index in [-0.39, 0.29) is 25.0 Å². The van der Waals surface area contributed by atoms with Gasteiger partial charge in [0.2, 0.25) is 11.9 Å². The van der Waals surface area contributed by atoms with Crippen molar-refractivity contribution in [3.63, 3.8) is 0 Å². The summed E-state index contributed by atoms with van der Waals surface area (Å²) >= 11 is 0. The molecule has 2 aromatic heterocycles. The fraction of sp³-hybridized carbons (Fsp3) is 0.276. The van der Waals surface area contributed by atoms with E-state index in [9.17, 15) is 9.59 Å². The van der Waals surface area contributed by atoms with Crippen molar-refractivity contribution in [2.45, 2.75) is 39.8 Å². The summed E-state index contributed by atoms with van der Waals surface area (Å²) in [6.07, 6.45) is 3.41. The monoisotopic (exact) mass is 515 g/mol. The molecule has 198 valence electrons. The fourth-order valence-corrected chi connectivity index (χ4v) is 3.80. The van der Waals surface area contributed by atoms with E-state index in [1.54, 1.807) is 19.2 Å². The van der Waals surface area contributed by atoms with E-state index >= 15 is 0 Å². The minimum Gasteiger partial charge on any atom is -0.497 e. The number of aryl methyl sites for hydroxylation is 1. The average Bonchev–Trinajstić information content (AvgIpc) is 3.53. The highest BCUT2D eigenvalue weighted by Crippen LogP contribution is 2.26. The lowest BCUT2D eigenvalue weighted by Crippen LogP contribution is -2.50. The van der Waals surface area contributed by atoms with Crippen LogP contribution in [0.5, 0.6) is 5.75 Å². The van der Waals surface area contributed by atoms with Crippen LogP contribution in [0.25, 0.3) is 16.9 Å². The fourth-order valence-electron chi connectivity index (χ4n) is 3.80. The lowest BCUT2D eigenvalue weighted by Gasteiger charge is -2.27. The quantitative estimate of drug-likeness (QED) is 0.327. The van der Waals surface area contributed by atoms with Gasteiger partial charge in [-0.25, -0.2) is 9.78 Å². The summed E-state index contributed by atoms with van der Waals surface area (Å²) in [6.45, 7) is 7.62. The predicted molar refractivity (Wildman–Crippen MR) is 146 cm³/mol. The zero-order valence-electron chi connectivity index (χ0n) is 22.3. The molecule has 0 fully saturated rings. The zero-order chi connectivity index (χ0) is 27.3. The number of rotatable bonds is 8. The summed E-state index contributed by atoms with van der Waals surface area (Å²) in [5, 5.41) is 5.81. The standard InChI is InChI=1S/C29H33N5O4/c1-20-8-12-22(13-9-20)34-18-25(21-10-14-23(37-5)15-11-21)30-27(34)31-26(35)19-33(17-24-7-6-16-38-24)28(36)32-29(2,3)4/h6-16,18H,17,19H2,1-5H3,(H,32,36)(H,30,31,35). The molecule has 4 rings (SSSR count). The zero-order valence-corrected chi connectivity index (χ0v) is 22.3. The Labute approximate surface area is 222 Å².